The van der Waals surface area contributed by atoms with Crippen LogP contribution in [-0.2, 0) is 0 Å². The van der Waals surface area contributed by atoms with E-state index in [1.54, 1.807) is 12.3 Å². The lowest BCUT2D eigenvalue weighted by molar-refractivity contribution is 0.0663. The first-order valence-corrected chi connectivity index (χ1v) is 11.0. The van der Waals surface area contributed by atoms with E-state index in [1.165, 1.54) is 0 Å². The average molecular weight is 439 g/mol. The number of benzene rings is 1. The summed E-state index contributed by atoms with van der Waals surface area (Å²) in [5.74, 6) is 1.48. The van der Waals surface area contributed by atoms with Crippen molar-refractivity contribution in [3.8, 4) is 11.6 Å². The number of rotatable bonds is 7. The normalized spacial score (nSPS) is 14.7. The summed E-state index contributed by atoms with van der Waals surface area (Å²) < 4.78 is 11.7. The fourth-order valence-corrected chi connectivity index (χ4v) is 3.64. The summed E-state index contributed by atoms with van der Waals surface area (Å²) in [5, 5.41) is 4.05. The minimum absolute atomic E-state index is 0.0148. The van der Waals surface area contributed by atoms with Crippen molar-refractivity contribution in [2.24, 2.45) is 0 Å². The lowest BCUT2D eigenvalue weighted by atomic mass is 10.1. The van der Waals surface area contributed by atoms with E-state index in [9.17, 15) is 4.79 Å². The van der Waals surface area contributed by atoms with Gasteiger partial charge in [-0.15, -0.1) is 0 Å². The van der Waals surface area contributed by atoms with Crippen LogP contribution in [0.4, 0.5) is 11.6 Å². The van der Waals surface area contributed by atoms with Crippen LogP contribution in [0.5, 0.6) is 11.6 Å². The molecule has 1 amide bonds. The van der Waals surface area contributed by atoms with Gasteiger partial charge in [-0.3, -0.25) is 4.79 Å². The average Bonchev–Trinajstić information content (AvgIpc) is 3.24. The Morgan fingerprint density at radius 3 is 2.69 bits per heavy atom. The molecule has 170 valence electrons. The number of aromatic nitrogens is 3. The summed E-state index contributed by atoms with van der Waals surface area (Å²) >= 11 is 0. The Labute approximate surface area is 187 Å². The highest BCUT2D eigenvalue weighted by Crippen LogP contribution is 2.31. The third-order valence-electron chi connectivity index (χ3n) is 5.29. The highest BCUT2D eigenvalue weighted by atomic mass is 16.5. The molecule has 1 aliphatic rings. The first kappa shape index (κ1) is 21.9. The maximum Gasteiger partial charge on any atom is 0.254 e. The van der Waals surface area contributed by atoms with E-state index in [0.29, 0.717) is 41.1 Å². The molecule has 0 unspecified atom stereocenters. The molecule has 1 fully saturated rings. The van der Waals surface area contributed by atoms with Crippen molar-refractivity contribution in [1.82, 2.24) is 24.8 Å². The topological polar surface area (TPSA) is 95.6 Å². The van der Waals surface area contributed by atoms with E-state index >= 15 is 0 Å². The lowest BCUT2D eigenvalue weighted by Gasteiger charge is -2.32. The summed E-state index contributed by atoms with van der Waals surface area (Å²) in [6, 6.07) is 7.33. The van der Waals surface area contributed by atoms with Gasteiger partial charge < -0.3 is 29.6 Å². The van der Waals surface area contributed by atoms with Crippen LogP contribution in [0.1, 0.15) is 31.1 Å². The second-order valence-electron chi connectivity index (χ2n) is 8.12. The summed E-state index contributed by atoms with van der Waals surface area (Å²) in [4.78, 5) is 29.3. The van der Waals surface area contributed by atoms with Crippen LogP contribution in [0.25, 0.3) is 11.0 Å². The van der Waals surface area contributed by atoms with Gasteiger partial charge in [0.25, 0.3) is 5.91 Å². The molecule has 1 aromatic carbocycles. The van der Waals surface area contributed by atoms with Crippen molar-refractivity contribution in [3.63, 3.8) is 0 Å². The molecule has 3 aromatic rings. The van der Waals surface area contributed by atoms with Crippen molar-refractivity contribution in [2.45, 2.75) is 26.9 Å². The van der Waals surface area contributed by atoms with E-state index in [2.05, 4.69) is 32.2 Å². The third kappa shape index (κ3) is 4.77. The quantitative estimate of drug-likeness (QED) is 0.584. The van der Waals surface area contributed by atoms with Crippen LogP contribution >= 0.6 is 0 Å². The zero-order valence-electron chi connectivity index (χ0n) is 19.0. The van der Waals surface area contributed by atoms with Crippen molar-refractivity contribution >= 4 is 28.6 Å². The second kappa shape index (κ2) is 9.44. The number of fused-ring (bicyclic) bond motifs is 1. The minimum atomic E-state index is -0.0599. The number of carbonyl (C=O) groups is 1. The first-order chi connectivity index (χ1) is 15.4. The molecule has 2 N–H and O–H groups in total. The Balaban J connectivity index is 1.62. The molecule has 0 saturated carbocycles. The molecule has 0 spiro atoms. The van der Waals surface area contributed by atoms with Gasteiger partial charge in [-0.05, 0) is 52.1 Å². The SMILES string of the molecule is CCOc1nc(Nc2ccc(C(=O)N3CCN(C)CC3)cc2OC(C)C)nc2[nH]ccc12. The molecule has 1 saturated heterocycles. The van der Waals surface area contributed by atoms with Crippen LogP contribution in [0.15, 0.2) is 30.5 Å². The minimum Gasteiger partial charge on any atom is -0.489 e. The van der Waals surface area contributed by atoms with E-state index in [0.717, 1.165) is 31.6 Å². The van der Waals surface area contributed by atoms with E-state index in [-0.39, 0.29) is 12.0 Å². The largest absolute Gasteiger partial charge is 0.489 e. The summed E-state index contributed by atoms with van der Waals surface area (Å²) in [6.45, 7) is 9.52. The molecule has 32 heavy (non-hydrogen) atoms. The Kier molecular flexibility index (Phi) is 6.45. The molecular formula is C23H30N6O3. The molecule has 0 radical (unpaired) electrons. The van der Waals surface area contributed by atoms with Gasteiger partial charge in [0, 0.05) is 37.9 Å². The zero-order chi connectivity index (χ0) is 22.7. The van der Waals surface area contributed by atoms with Gasteiger partial charge in [-0.1, -0.05) is 0 Å². The summed E-state index contributed by atoms with van der Waals surface area (Å²) in [6.07, 6.45) is 1.74. The van der Waals surface area contributed by atoms with Crippen molar-refractivity contribution in [2.75, 3.05) is 45.2 Å². The highest BCUT2D eigenvalue weighted by molar-refractivity contribution is 5.95. The molecule has 9 nitrogen and oxygen atoms in total. The molecular weight excluding hydrogens is 408 g/mol. The van der Waals surface area contributed by atoms with Gasteiger partial charge in [-0.2, -0.15) is 9.97 Å². The van der Waals surface area contributed by atoms with E-state index < -0.39 is 0 Å². The molecule has 1 aliphatic heterocycles. The number of aromatic amines is 1. The van der Waals surface area contributed by atoms with Gasteiger partial charge >= 0.3 is 0 Å². The number of hydrogen-bond donors (Lipinski definition) is 2. The summed E-state index contributed by atoms with van der Waals surface area (Å²) in [5.41, 5.74) is 1.97. The van der Waals surface area contributed by atoms with Gasteiger partial charge in [0.15, 0.2) is 0 Å². The number of amides is 1. The van der Waals surface area contributed by atoms with Gasteiger partial charge in [-0.25, -0.2) is 0 Å². The maximum atomic E-state index is 13.0. The molecule has 0 bridgehead atoms. The number of nitrogens with one attached hydrogen (secondary N) is 2. The molecule has 3 heterocycles. The Bertz CT molecular complexity index is 1090. The number of carbonyl (C=O) groups excluding carboxylic acids is 1. The monoisotopic (exact) mass is 438 g/mol. The molecule has 9 heteroatoms. The van der Waals surface area contributed by atoms with Crippen LogP contribution in [-0.4, -0.2) is 76.6 Å². The number of anilines is 2. The van der Waals surface area contributed by atoms with Crippen molar-refractivity contribution in [1.29, 1.82) is 0 Å². The van der Waals surface area contributed by atoms with Crippen molar-refractivity contribution in [3.05, 3.63) is 36.0 Å². The Morgan fingerprint density at radius 1 is 1.19 bits per heavy atom. The predicted molar refractivity (Wildman–Crippen MR) is 124 cm³/mol. The van der Waals surface area contributed by atoms with Gasteiger partial charge in [0.2, 0.25) is 11.8 Å². The second-order valence-corrected chi connectivity index (χ2v) is 8.12. The fourth-order valence-electron chi connectivity index (χ4n) is 3.64. The smallest absolute Gasteiger partial charge is 0.254 e. The number of ether oxygens (including phenoxy) is 2. The Hall–Kier alpha value is -3.33. The number of hydrogen-bond acceptors (Lipinski definition) is 7. The molecule has 4 rings (SSSR count). The van der Waals surface area contributed by atoms with E-state index in [1.807, 2.05) is 43.9 Å². The molecule has 0 atom stereocenters. The number of nitrogens with zero attached hydrogens (tertiary/aromatic N) is 4. The fraction of sp³-hybridized carbons (Fsp3) is 0.435. The zero-order valence-corrected chi connectivity index (χ0v) is 19.0. The van der Waals surface area contributed by atoms with Crippen molar-refractivity contribution < 1.29 is 14.3 Å². The van der Waals surface area contributed by atoms with Crippen LogP contribution in [0.2, 0.25) is 0 Å². The third-order valence-corrected chi connectivity index (χ3v) is 5.29. The van der Waals surface area contributed by atoms with Crippen LogP contribution in [0.3, 0.4) is 0 Å². The standard InChI is InChI=1S/C23H30N6O3/c1-5-31-21-17-8-9-24-20(17)26-23(27-21)25-18-7-6-16(14-19(18)32-15(2)3)22(30)29-12-10-28(4)11-13-29/h6-9,14-15H,5,10-13H2,1-4H3,(H2,24,25,26,27). The number of piperazine rings is 1. The summed E-state index contributed by atoms with van der Waals surface area (Å²) in [7, 11) is 2.07. The lowest BCUT2D eigenvalue weighted by Crippen LogP contribution is -2.47. The van der Waals surface area contributed by atoms with Crippen LogP contribution < -0.4 is 14.8 Å². The maximum absolute atomic E-state index is 13.0. The molecule has 2 aromatic heterocycles. The Morgan fingerprint density at radius 2 is 1.97 bits per heavy atom. The van der Waals surface area contributed by atoms with E-state index in [4.69, 9.17) is 9.47 Å². The first-order valence-electron chi connectivity index (χ1n) is 11.0. The number of likely N-dealkylation sites (N-methyl/N-ethyl adjacent to an activating group) is 1. The van der Waals surface area contributed by atoms with Crippen LogP contribution in [0, 0.1) is 0 Å². The van der Waals surface area contributed by atoms with Gasteiger partial charge in [0.1, 0.15) is 11.4 Å². The number of H-pyrrole nitrogens is 1. The predicted octanol–water partition coefficient (Wildman–Crippen LogP) is 3.28. The van der Waals surface area contributed by atoms with Gasteiger partial charge in [0.05, 0.1) is 23.8 Å². The highest BCUT2D eigenvalue weighted by Gasteiger charge is 2.22. The molecule has 0 aliphatic carbocycles.